The second-order valence-corrected chi connectivity index (χ2v) is 5.03. The van der Waals surface area contributed by atoms with Gasteiger partial charge in [0, 0.05) is 6.92 Å². The molecule has 0 fully saturated rings. The molecule has 0 saturated heterocycles. The van der Waals surface area contributed by atoms with Crippen molar-refractivity contribution in [3.05, 3.63) is 11.9 Å². The number of carbonyl (C=O) groups is 2. The van der Waals surface area contributed by atoms with E-state index >= 15 is 0 Å². The summed E-state index contributed by atoms with van der Waals surface area (Å²) in [6.07, 6.45) is 2.05. The first kappa shape index (κ1) is 20.8. The van der Waals surface area contributed by atoms with Gasteiger partial charge in [0.1, 0.15) is 12.3 Å². The zero-order valence-corrected chi connectivity index (χ0v) is 14.7. The Bertz CT molecular complexity index is 508. The van der Waals surface area contributed by atoms with Crippen LogP contribution in [0.25, 0.3) is 0 Å². The zero-order valence-electron chi connectivity index (χ0n) is 14.7. The molecule has 0 bridgehead atoms. The van der Waals surface area contributed by atoms with Crippen LogP contribution >= 0.6 is 0 Å². The van der Waals surface area contributed by atoms with E-state index < -0.39 is 6.09 Å². The summed E-state index contributed by atoms with van der Waals surface area (Å²) in [4.78, 5) is 21.8. The average molecular weight is 358 g/mol. The smallest absolute Gasteiger partial charge is 0.407 e. The molecular weight excluding hydrogens is 332 g/mol. The lowest BCUT2D eigenvalue weighted by Crippen LogP contribution is -2.24. The zero-order chi connectivity index (χ0) is 18.3. The minimum Gasteiger partial charge on any atom is -0.463 e. The summed E-state index contributed by atoms with van der Waals surface area (Å²) < 4.78 is 21.9. The number of rotatable bonds is 13. The van der Waals surface area contributed by atoms with Crippen molar-refractivity contribution in [2.24, 2.45) is 0 Å². The Labute approximate surface area is 146 Å². The van der Waals surface area contributed by atoms with Gasteiger partial charge in [-0.1, -0.05) is 12.1 Å². The highest BCUT2D eigenvalue weighted by Crippen LogP contribution is 1.94. The highest BCUT2D eigenvalue weighted by Gasteiger charge is 2.04. The Balaban J connectivity index is 2.02. The van der Waals surface area contributed by atoms with Crippen molar-refractivity contribution in [2.45, 2.75) is 33.4 Å². The van der Waals surface area contributed by atoms with Crippen LogP contribution < -0.4 is 5.32 Å². The fourth-order valence-corrected chi connectivity index (χ4v) is 1.66. The Kier molecular flexibility index (Phi) is 10.9. The minimum absolute atomic E-state index is 0.247. The number of carbonyl (C=O) groups excluding carboxylic acids is 2. The lowest BCUT2D eigenvalue weighted by atomic mass is 10.5. The number of nitrogens with one attached hydrogen (secondary N) is 1. The monoisotopic (exact) mass is 358 g/mol. The molecule has 25 heavy (non-hydrogen) atoms. The third-order valence-electron chi connectivity index (χ3n) is 2.81. The maximum atomic E-state index is 11.3. The van der Waals surface area contributed by atoms with Gasteiger partial charge in [-0.3, -0.25) is 4.79 Å². The van der Waals surface area contributed by atoms with Gasteiger partial charge in [-0.05, 0) is 6.42 Å². The summed E-state index contributed by atoms with van der Waals surface area (Å²) >= 11 is 0. The van der Waals surface area contributed by atoms with E-state index in [0.717, 1.165) is 6.42 Å². The maximum absolute atomic E-state index is 11.3. The Morgan fingerprint density at radius 1 is 1.08 bits per heavy atom. The van der Waals surface area contributed by atoms with Crippen LogP contribution in [-0.4, -0.2) is 66.7 Å². The molecule has 0 aromatic carbocycles. The van der Waals surface area contributed by atoms with Gasteiger partial charge in [-0.2, -0.15) is 0 Å². The molecule has 0 radical (unpaired) electrons. The molecule has 1 aromatic rings. The van der Waals surface area contributed by atoms with Crippen molar-refractivity contribution in [1.82, 2.24) is 20.3 Å². The first-order chi connectivity index (χ1) is 12.1. The van der Waals surface area contributed by atoms with E-state index in [0.29, 0.717) is 45.3 Å². The summed E-state index contributed by atoms with van der Waals surface area (Å²) in [6, 6.07) is 0. The number of ether oxygens (including phenoxy) is 4. The number of hydrogen-bond acceptors (Lipinski definition) is 8. The van der Waals surface area contributed by atoms with Crippen LogP contribution in [0, 0.1) is 0 Å². The van der Waals surface area contributed by atoms with Crippen LogP contribution in [0.3, 0.4) is 0 Å². The van der Waals surface area contributed by atoms with Crippen LogP contribution in [0.2, 0.25) is 0 Å². The molecule has 10 nitrogen and oxygen atoms in total. The molecule has 0 aliphatic rings. The van der Waals surface area contributed by atoms with E-state index in [4.69, 9.17) is 18.9 Å². The summed E-state index contributed by atoms with van der Waals surface area (Å²) in [6.45, 7) is 6.40. The van der Waals surface area contributed by atoms with Gasteiger partial charge in [0.2, 0.25) is 0 Å². The van der Waals surface area contributed by atoms with Crippen LogP contribution in [0.1, 0.15) is 26.0 Å². The molecule has 1 amide bonds. The lowest BCUT2D eigenvalue weighted by molar-refractivity contribution is -0.142. The maximum Gasteiger partial charge on any atom is 0.407 e. The quantitative estimate of drug-likeness (QED) is 0.401. The number of alkyl carbamates (subject to hydrolysis) is 1. The van der Waals surface area contributed by atoms with E-state index in [2.05, 4.69) is 15.6 Å². The number of nitrogens with zero attached hydrogens (tertiary/aromatic N) is 3. The number of amides is 1. The number of aromatic nitrogens is 3. The van der Waals surface area contributed by atoms with Gasteiger partial charge in [-0.25, -0.2) is 9.48 Å². The third-order valence-corrected chi connectivity index (χ3v) is 2.81. The van der Waals surface area contributed by atoms with Crippen LogP contribution in [0.5, 0.6) is 0 Å². The fraction of sp³-hybridized carbons (Fsp3) is 0.733. The predicted molar refractivity (Wildman–Crippen MR) is 86.8 cm³/mol. The van der Waals surface area contributed by atoms with Crippen molar-refractivity contribution < 1.29 is 28.5 Å². The molecule has 0 saturated carbocycles. The summed E-state index contributed by atoms with van der Waals surface area (Å²) in [7, 11) is 0. The van der Waals surface area contributed by atoms with E-state index in [1.54, 1.807) is 10.9 Å². The molecule has 1 aromatic heterocycles. The standard InChI is InChI=1S/C15H26N4O6/c1-3-5-25-15(21)16-11-14-12-19(18-17-14)4-6-22-7-8-23-9-10-24-13(2)20/h12H,3-11H2,1-2H3,(H,16,21). The molecule has 10 heteroatoms. The number of hydrogen-bond donors (Lipinski definition) is 1. The van der Waals surface area contributed by atoms with Gasteiger partial charge >= 0.3 is 12.1 Å². The molecule has 1 N–H and O–H groups in total. The van der Waals surface area contributed by atoms with E-state index in [-0.39, 0.29) is 19.1 Å². The molecule has 0 spiro atoms. The van der Waals surface area contributed by atoms with Gasteiger partial charge < -0.3 is 24.3 Å². The molecule has 1 heterocycles. The highest BCUT2D eigenvalue weighted by atomic mass is 16.6. The molecule has 0 aliphatic heterocycles. The lowest BCUT2D eigenvalue weighted by Gasteiger charge is -2.06. The first-order valence-corrected chi connectivity index (χ1v) is 8.20. The van der Waals surface area contributed by atoms with Crippen LogP contribution in [0.15, 0.2) is 6.20 Å². The Hall–Kier alpha value is -2.20. The average Bonchev–Trinajstić information content (AvgIpc) is 3.04. The second kappa shape index (κ2) is 13.1. The van der Waals surface area contributed by atoms with Crippen molar-refractivity contribution in [2.75, 3.05) is 39.6 Å². The molecule has 0 unspecified atom stereocenters. The summed E-state index contributed by atoms with van der Waals surface area (Å²) in [5.41, 5.74) is 0.641. The van der Waals surface area contributed by atoms with Gasteiger partial charge in [0.05, 0.1) is 52.3 Å². The SMILES string of the molecule is CCCOC(=O)NCc1cn(CCOCCOCCOC(C)=O)nn1. The predicted octanol–water partition coefficient (Wildman–Crippen LogP) is 0.511. The fourth-order valence-electron chi connectivity index (χ4n) is 1.66. The molecular formula is C15H26N4O6. The topological polar surface area (TPSA) is 114 Å². The van der Waals surface area contributed by atoms with Gasteiger partial charge in [0.25, 0.3) is 0 Å². The van der Waals surface area contributed by atoms with Gasteiger partial charge in [-0.15, -0.1) is 5.10 Å². The largest absolute Gasteiger partial charge is 0.463 e. The summed E-state index contributed by atoms with van der Waals surface area (Å²) in [5.74, 6) is -0.319. The van der Waals surface area contributed by atoms with Crippen LogP contribution in [0.4, 0.5) is 4.79 Å². The Morgan fingerprint density at radius 2 is 1.80 bits per heavy atom. The molecule has 142 valence electrons. The Morgan fingerprint density at radius 3 is 2.52 bits per heavy atom. The highest BCUT2D eigenvalue weighted by molar-refractivity contribution is 5.67. The van der Waals surface area contributed by atoms with Crippen LogP contribution in [-0.2, 0) is 36.8 Å². The molecule has 0 atom stereocenters. The van der Waals surface area contributed by atoms with E-state index in [1.807, 2.05) is 6.92 Å². The number of esters is 1. The van der Waals surface area contributed by atoms with E-state index in [9.17, 15) is 9.59 Å². The first-order valence-electron chi connectivity index (χ1n) is 8.20. The summed E-state index contributed by atoms with van der Waals surface area (Å²) in [5, 5.41) is 10.5. The second-order valence-electron chi connectivity index (χ2n) is 5.03. The van der Waals surface area contributed by atoms with Gasteiger partial charge in [0.15, 0.2) is 0 Å². The molecule has 0 aliphatic carbocycles. The minimum atomic E-state index is -0.464. The normalized spacial score (nSPS) is 10.5. The molecule has 1 rings (SSSR count). The van der Waals surface area contributed by atoms with E-state index in [1.165, 1.54) is 6.92 Å². The van der Waals surface area contributed by atoms with Crippen molar-refractivity contribution in [1.29, 1.82) is 0 Å². The van der Waals surface area contributed by atoms with Crippen molar-refractivity contribution in [3.63, 3.8) is 0 Å². The van der Waals surface area contributed by atoms with Crippen molar-refractivity contribution in [3.8, 4) is 0 Å². The third kappa shape index (κ3) is 11.1. The van der Waals surface area contributed by atoms with Crippen molar-refractivity contribution >= 4 is 12.1 Å².